The molecule has 0 aliphatic rings. The van der Waals surface area contributed by atoms with Crippen LogP contribution in [0.3, 0.4) is 0 Å². The second kappa shape index (κ2) is 5.72. The summed E-state index contributed by atoms with van der Waals surface area (Å²) < 4.78 is 35.8. The molecule has 1 aromatic rings. The first-order valence-electron chi connectivity index (χ1n) is 4.30. The molecule has 2 N–H and O–H groups in total. The number of alkyl halides is 3. The molecule has 1 heterocycles. The average Bonchev–Trinajstić information content (AvgIpc) is 2.20. The average molecular weight is 221 g/mol. The van der Waals surface area contributed by atoms with Crippen LogP contribution in [0.4, 0.5) is 13.2 Å². The molecule has 0 aliphatic carbocycles. The maximum Gasteiger partial charge on any atom is 0.490 e. The largest absolute Gasteiger partial charge is 0.490 e. The fourth-order valence-electron chi connectivity index (χ4n) is 0.726. The molecule has 1 rings (SSSR count). The maximum absolute atomic E-state index is 11.9. The molecule has 0 unspecified atom stereocenters. The lowest BCUT2D eigenvalue weighted by Gasteiger charge is -2.05. The quantitative estimate of drug-likeness (QED) is 0.689. The molecule has 15 heavy (non-hydrogen) atoms. The summed E-state index contributed by atoms with van der Waals surface area (Å²) in [6.07, 6.45) is -3.73. The van der Waals surface area contributed by atoms with E-state index in [4.69, 9.17) is 10.0 Å². The fraction of sp³-hybridized carbons (Fsp3) is 0.375. The Balaban J connectivity index is 0.000000921. The second-order valence-corrected chi connectivity index (χ2v) is 2.35. The molecular weight excluding hydrogens is 210 g/mol. The van der Waals surface area contributed by atoms with Crippen molar-refractivity contribution in [3.8, 4) is 0 Å². The van der Waals surface area contributed by atoms with Gasteiger partial charge in [0.1, 0.15) is 5.69 Å². The normalized spacial score (nSPS) is 10.3. The Morgan fingerprint density at radius 2 is 1.73 bits per heavy atom. The predicted molar refractivity (Wildman–Crippen MR) is 50.4 cm³/mol. The molecule has 0 saturated carbocycles. The van der Waals surface area contributed by atoms with E-state index in [0.29, 0.717) is 6.07 Å². The lowest BCUT2D eigenvalue weighted by Crippen LogP contribution is -2.30. The molecule has 0 aliphatic heterocycles. The highest BCUT2D eigenvalue weighted by Gasteiger charge is 2.32. The SMILES string of the molecule is CC.OB(O)c1ccc(C(F)(F)F)nc1. The molecular formula is C8H11BF3NO2. The van der Waals surface area contributed by atoms with Crippen molar-refractivity contribution in [3.63, 3.8) is 0 Å². The van der Waals surface area contributed by atoms with Gasteiger partial charge >= 0.3 is 13.3 Å². The first-order valence-corrected chi connectivity index (χ1v) is 4.30. The van der Waals surface area contributed by atoms with Gasteiger partial charge in [0.15, 0.2) is 0 Å². The fourth-order valence-corrected chi connectivity index (χ4v) is 0.726. The van der Waals surface area contributed by atoms with Crippen molar-refractivity contribution in [2.45, 2.75) is 20.0 Å². The molecule has 0 spiro atoms. The number of pyridine rings is 1. The Bertz CT molecular complexity index is 287. The Labute approximate surface area is 85.7 Å². The third-order valence-corrected chi connectivity index (χ3v) is 1.37. The van der Waals surface area contributed by atoms with Crippen molar-refractivity contribution in [3.05, 3.63) is 24.0 Å². The smallest absolute Gasteiger partial charge is 0.423 e. The van der Waals surface area contributed by atoms with Gasteiger partial charge in [0.05, 0.1) is 0 Å². The van der Waals surface area contributed by atoms with Gasteiger partial charge in [0, 0.05) is 11.7 Å². The maximum atomic E-state index is 11.9. The highest BCUT2D eigenvalue weighted by Crippen LogP contribution is 2.26. The van der Waals surface area contributed by atoms with Crippen molar-refractivity contribution < 1.29 is 23.2 Å². The van der Waals surface area contributed by atoms with Crippen molar-refractivity contribution in [1.82, 2.24) is 4.98 Å². The first-order chi connectivity index (χ1) is 6.91. The lowest BCUT2D eigenvalue weighted by molar-refractivity contribution is -0.141. The van der Waals surface area contributed by atoms with E-state index in [-0.39, 0.29) is 5.46 Å². The minimum Gasteiger partial charge on any atom is -0.423 e. The van der Waals surface area contributed by atoms with Crippen LogP contribution in [0.15, 0.2) is 18.3 Å². The van der Waals surface area contributed by atoms with E-state index in [0.717, 1.165) is 12.3 Å². The topological polar surface area (TPSA) is 53.4 Å². The third kappa shape index (κ3) is 4.31. The first kappa shape index (κ1) is 13.9. The minimum absolute atomic E-state index is 0.0759. The van der Waals surface area contributed by atoms with Gasteiger partial charge in [-0.3, -0.25) is 4.98 Å². The Kier molecular flexibility index (Phi) is 5.31. The molecule has 0 amide bonds. The number of nitrogens with zero attached hydrogens (tertiary/aromatic N) is 1. The standard InChI is InChI=1S/C6H5BF3NO2.C2H6/c8-6(9,10)5-2-1-4(3-11-5)7(12)13;1-2/h1-3,12-13H;1-2H3. The van der Waals surface area contributed by atoms with Crippen LogP contribution in [0.2, 0.25) is 0 Å². The van der Waals surface area contributed by atoms with Crippen LogP contribution in [0.25, 0.3) is 0 Å². The van der Waals surface area contributed by atoms with Crippen LogP contribution >= 0.6 is 0 Å². The molecule has 1 aromatic heterocycles. The van der Waals surface area contributed by atoms with E-state index in [1.807, 2.05) is 13.8 Å². The van der Waals surface area contributed by atoms with Gasteiger partial charge in [-0.1, -0.05) is 19.9 Å². The Morgan fingerprint density at radius 3 is 2.00 bits per heavy atom. The van der Waals surface area contributed by atoms with Gasteiger partial charge in [0.2, 0.25) is 0 Å². The number of halogens is 3. The number of hydrogen-bond acceptors (Lipinski definition) is 3. The van der Waals surface area contributed by atoms with Crippen LogP contribution in [0, 0.1) is 0 Å². The summed E-state index contributed by atoms with van der Waals surface area (Å²) in [5.74, 6) is 0. The van der Waals surface area contributed by atoms with Crippen molar-refractivity contribution >= 4 is 12.6 Å². The van der Waals surface area contributed by atoms with Gasteiger partial charge in [0.25, 0.3) is 0 Å². The minimum atomic E-state index is -4.50. The molecule has 0 fully saturated rings. The molecule has 0 radical (unpaired) electrons. The monoisotopic (exact) mass is 221 g/mol. The van der Waals surface area contributed by atoms with Crippen molar-refractivity contribution in [2.24, 2.45) is 0 Å². The predicted octanol–water partition coefficient (Wildman–Crippen LogP) is 0.806. The summed E-state index contributed by atoms with van der Waals surface area (Å²) in [4.78, 5) is 3.03. The van der Waals surface area contributed by atoms with E-state index >= 15 is 0 Å². The van der Waals surface area contributed by atoms with Gasteiger partial charge in [-0.05, 0) is 6.07 Å². The summed E-state index contributed by atoms with van der Waals surface area (Å²) in [5.41, 5.74) is -1.13. The third-order valence-electron chi connectivity index (χ3n) is 1.37. The van der Waals surface area contributed by atoms with Gasteiger partial charge < -0.3 is 10.0 Å². The molecule has 84 valence electrons. The zero-order valence-electron chi connectivity index (χ0n) is 8.28. The number of hydrogen-bond donors (Lipinski definition) is 2. The summed E-state index contributed by atoms with van der Waals surface area (Å²) in [6, 6.07) is 1.65. The van der Waals surface area contributed by atoms with Crippen molar-refractivity contribution in [1.29, 1.82) is 0 Å². The molecule has 0 saturated heterocycles. The van der Waals surface area contributed by atoms with Crippen LogP contribution in [0.5, 0.6) is 0 Å². The van der Waals surface area contributed by atoms with Crippen LogP contribution in [0.1, 0.15) is 19.5 Å². The molecule has 3 nitrogen and oxygen atoms in total. The summed E-state index contributed by atoms with van der Waals surface area (Å²) >= 11 is 0. The molecule has 0 aromatic carbocycles. The number of aromatic nitrogens is 1. The van der Waals surface area contributed by atoms with Crippen LogP contribution in [-0.4, -0.2) is 22.2 Å². The highest BCUT2D eigenvalue weighted by molar-refractivity contribution is 6.58. The van der Waals surface area contributed by atoms with E-state index in [9.17, 15) is 13.2 Å². The van der Waals surface area contributed by atoms with Crippen LogP contribution < -0.4 is 5.46 Å². The summed E-state index contributed by atoms with van der Waals surface area (Å²) in [7, 11) is -1.80. The Hall–Kier alpha value is -1.08. The van der Waals surface area contributed by atoms with Crippen LogP contribution in [-0.2, 0) is 6.18 Å². The zero-order valence-corrected chi connectivity index (χ0v) is 8.28. The van der Waals surface area contributed by atoms with E-state index in [1.165, 1.54) is 0 Å². The highest BCUT2D eigenvalue weighted by atomic mass is 19.4. The lowest BCUT2D eigenvalue weighted by atomic mass is 9.82. The zero-order chi connectivity index (χ0) is 12.1. The summed E-state index contributed by atoms with van der Waals surface area (Å²) in [6.45, 7) is 4.00. The molecule has 7 heteroatoms. The molecule has 0 bridgehead atoms. The van der Waals surface area contributed by atoms with E-state index < -0.39 is 19.0 Å². The second-order valence-electron chi connectivity index (χ2n) is 2.35. The van der Waals surface area contributed by atoms with Crippen molar-refractivity contribution in [2.75, 3.05) is 0 Å². The molecule has 0 atom stereocenters. The van der Waals surface area contributed by atoms with Gasteiger partial charge in [-0.25, -0.2) is 0 Å². The van der Waals surface area contributed by atoms with Gasteiger partial charge in [-0.2, -0.15) is 13.2 Å². The van der Waals surface area contributed by atoms with E-state index in [2.05, 4.69) is 4.98 Å². The van der Waals surface area contributed by atoms with E-state index in [1.54, 1.807) is 0 Å². The number of rotatable bonds is 1. The Morgan fingerprint density at radius 1 is 1.20 bits per heavy atom. The van der Waals surface area contributed by atoms with Gasteiger partial charge in [-0.15, -0.1) is 0 Å². The summed E-state index contributed by atoms with van der Waals surface area (Å²) in [5, 5.41) is 17.1.